The van der Waals surface area contributed by atoms with Gasteiger partial charge in [-0.2, -0.15) is 13.2 Å². The van der Waals surface area contributed by atoms with Gasteiger partial charge in [0.05, 0.1) is 5.56 Å². The second kappa shape index (κ2) is 6.24. The normalized spacial score (nSPS) is 13.2. The molecular formula is C15H14F4N2. The van der Waals surface area contributed by atoms with E-state index in [0.29, 0.717) is 12.0 Å². The van der Waals surface area contributed by atoms with E-state index in [1.807, 2.05) is 0 Å². The number of benzene rings is 2. The van der Waals surface area contributed by atoms with E-state index in [2.05, 4.69) is 5.43 Å². The van der Waals surface area contributed by atoms with E-state index in [4.69, 9.17) is 5.84 Å². The van der Waals surface area contributed by atoms with Gasteiger partial charge in [-0.15, -0.1) is 0 Å². The Morgan fingerprint density at radius 1 is 0.952 bits per heavy atom. The lowest BCUT2D eigenvalue weighted by Gasteiger charge is -2.17. The Balaban J connectivity index is 2.15. The van der Waals surface area contributed by atoms with Crippen LogP contribution in [0.25, 0.3) is 0 Å². The van der Waals surface area contributed by atoms with E-state index in [1.54, 1.807) is 12.1 Å². The molecule has 0 amide bonds. The maximum Gasteiger partial charge on any atom is 0.416 e. The number of halogens is 4. The van der Waals surface area contributed by atoms with Crippen LogP contribution in [0.2, 0.25) is 0 Å². The van der Waals surface area contributed by atoms with E-state index >= 15 is 0 Å². The second-order valence-corrected chi connectivity index (χ2v) is 4.67. The van der Waals surface area contributed by atoms with Crippen LogP contribution in [0.1, 0.15) is 22.7 Å². The summed E-state index contributed by atoms with van der Waals surface area (Å²) >= 11 is 0. The van der Waals surface area contributed by atoms with Crippen LogP contribution in [0.15, 0.2) is 48.5 Å². The Morgan fingerprint density at radius 3 is 2.00 bits per heavy atom. The molecule has 0 heterocycles. The van der Waals surface area contributed by atoms with Crippen LogP contribution in [-0.4, -0.2) is 0 Å². The molecule has 0 fully saturated rings. The Kier molecular flexibility index (Phi) is 4.59. The van der Waals surface area contributed by atoms with Crippen molar-refractivity contribution in [2.75, 3.05) is 0 Å². The molecule has 0 aliphatic carbocycles. The smallest absolute Gasteiger partial charge is 0.271 e. The van der Waals surface area contributed by atoms with Gasteiger partial charge in [0.1, 0.15) is 5.82 Å². The average Bonchev–Trinajstić information content (AvgIpc) is 2.46. The van der Waals surface area contributed by atoms with Gasteiger partial charge in [-0.05, 0) is 41.8 Å². The third-order valence-corrected chi connectivity index (χ3v) is 3.19. The quantitative estimate of drug-likeness (QED) is 0.514. The van der Waals surface area contributed by atoms with Crippen molar-refractivity contribution in [1.82, 2.24) is 5.43 Å². The standard InChI is InChI=1S/C15H14F4N2/c16-13-7-1-10(2-8-13)9-14(21-20)11-3-5-12(6-4-11)15(17,18)19/h1-8,14,21H,9,20H2. The van der Waals surface area contributed by atoms with E-state index < -0.39 is 11.7 Å². The zero-order chi connectivity index (χ0) is 15.5. The molecule has 2 rings (SSSR count). The molecule has 1 atom stereocenters. The van der Waals surface area contributed by atoms with Crippen LogP contribution in [0, 0.1) is 5.82 Å². The number of hydrogen-bond acceptors (Lipinski definition) is 2. The minimum atomic E-state index is -4.36. The highest BCUT2D eigenvalue weighted by Crippen LogP contribution is 2.30. The van der Waals surface area contributed by atoms with E-state index in [9.17, 15) is 17.6 Å². The van der Waals surface area contributed by atoms with Gasteiger partial charge in [0.15, 0.2) is 0 Å². The average molecular weight is 298 g/mol. The Morgan fingerprint density at radius 2 is 1.52 bits per heavy atom. The second-order valence-electron chi connectivity index (χ2n) is 4.67. The molecule has 0 aliphatic rings. The first-order valence-electron chi connectivity index (χ1n) is 6.28. The molecule has 2 aromatic carbocycles. The summed E-state index contributed by atoms with van der Waals surface area (Å²) in [5.41, 5.74) is 3.33. The monoisotopic (exact) mass is 298 g/mol. The Labute approximate surface area is 119 Å². The fourth-order valence-corrected chi connectivity index (χ4v) is 2.03. The fourth-order valence-electron chi connectivity index (χ4n) is 2.03. The van der Waals surface area contributed by atoms with E-state index in [-0.39, 0.29) is 11.9 Å². The lowest BCUT2D eigenvalue weighted by Crippen LogP contribution is -2.29. The van der Waals surface area contributed by atoms with Crippen LogP contribution >= 0.6 is 0 Å². The van der Waals surface area contributed by atoms with Gasteiger partial charge >= 0.3 is 6.18 Å². The summed E-state index contributed by atoms with van der Waals surface area (Å²) < 4.78 is 50.4. The van der Waals surface area contributed by atoms with Gasteiger partial charge in [-0.3, -0.25) is 11.3 Å². The first-order valence-corrected chi connectivity index (χ1v) is 6.28. The summed E-state index contributed by atoms with van der Waals surface area (Å²) in [6.07, 6.45) is -3.91. The molecule has 2 aromatic rings. The van der Waals surface area contributed by atoms with Gasteiger partial charge in [-0.1, -0.05) is 24.3 Å². The lowest BCUT2D eigenvalue weighted by molar-refractivity contribution is -0.137. The number of alkyl halides is 3. The topological polar surface area (TPSA) is 38.0 Å². The first kappa shape index (κ1) is 15.5. The Hall–Kier alpha value is -1.92. The van der Waals surface area contributed by atoms with Crippen molar-refractivity contribution in [3.8, 4) is 0 Å². The molecule has 3 N–H and O–H groups in total. The van der Waals surface area contributed by atoms with Crippen LogP contribution in [0.3, 0.4) is 0 Å². The highest BCUT2D eigenvalue weighted by Gasteiger charge is 2.30. The van der Waals surface area contributed by atoms with Gasteiger partial charge in [0, 0.05) is 6.04 Å². The van der Waals surface area contributed by atoms with Gasteiger partial charge in [-0.25, -0.2) is 4.39 Å². The number of nitrogens with two attached hydrogens (primary N) is 1. The minimum Gasteiger partial charge on any atom is -0.271 e. The van der Waals surface area contributed by atoms with Crippen LogP contribution < -0.4 is 11.3 Å². The summed E-state index contributed by atoms with van der Waals surface area (Å²) in [5, 5.41) is 0. The zero-order valence-electron chi connectivity index (χ0n) is 11.0. The van der Waals surface area contributed by atoms with Crippen molar-refractivity contribution in [3.63, 3.8) is 0 Å². The van der Waals surface area contributed by atoms with Gasteiger partial charge < -0.3 is 0 Å². The third kappa shape index (κ3) is 4.03. The molecule has 0 aromatic heterocycles. The summed E-state index contributed by atoms with van der Waals surface area (Å²) in [7, 11) is 0. The maximum absolute atomic E-state index is 12.8. The molecule has 0 aliphatic heterocycles. The van der Waals surface area contributed by atoms with Gasteiger partial charge in [0.25, 0.3) is 0 Å². The molecule has 0 saturated heterocycles. The predicted octanol–water partition coefficient (Wildman–Crippen LogP) is 3.59. The van der Waals surface area contributed by atoms with Crippen molar-refractivity contribution in [1.29, 1.82) is 0 Å². The van der Waals surface area contributed by atoms with Crippen LogP contribution in [0.4, 0.5) is 17.6 Å². The fraction of sp³-hybridized carbons (Fsp3) is 0.200. The number of rotatable bonds is 4. The van der Waals surface area contributed by atoms with Crippen LogP contribution in [0.5, 0.6) is 0 Å². The van der Waals surface area contributed by atoms with E-state index in [0.717, 1.165) is 17.7 Å². The zero-order valence-corrected chi connectivity index (χ0v) is 11.0. The molecule has 112 valence electrons. The molecule has 0 radical (unpaired) electrons. The van der Waals surface area contributed by atoms with E-state index in [1.165, 1.54) is 24.3 Å². The first-order chi connectivity index (χ1) is 9.90. The highest BCUT2D eigenvalue weighted by atomic mass is 19.4. The van der Waals surface area contributed by atoms with Crippen molar-refractivity contribution in [2.24, 2.45) is 5.84 Å². The van der Waals surface area contributed by atoms with Crippen molar-refractivity contribution in [2.45, 2.75) is 18.6 Å². The molecule has 6 heteroatoms. The summed E-state index contributed by atoms with van der Waals surface area (Å²) in [4.78, 5) is 0. The number of hydrazine groups is 1. The molecule has 0 spiro atoms. The largest absolute Gasteiger partial charge is 0.416 e. The molecule has 0 bridgehead atoms. The third-order valence-electron chi connectivity index (χ3n) is 3.19. The highest BCUT2D eigenvalue weighted by molar-refractivity contribution is 5.28. The summed E-state index contributed by atoms with van der Waals surface area (Å²) in [6, 6.07) is 10.3. The van der Waals surface area contributed by atoms with Crippen molar-refractivity contribution < 1.29 is 17.6 Å². The maximum atomic E-state index is 12.8. The summed E-state index contributed by atoms with van der Waals surface area (Å²) in [5.74, 6) is 5.12. The number of nitrogens with one attached hydrogen (secondary N) is 1. The minimum absolute atomic E-state index is 0.342. The van der Waals surface area contributed by atoms with Crippen molar-refractivity contribution in [3.05, 3.63) is 71.0 Å². The SMILES string of the molecule is NNC(Cc1ccc(F)cc1)c1ccc(C(F)(F)F)cc1. The molecule has 1 unspecified atom stereocenters. The predicted molar refractivity (Wildman–Crippen MR) is 71.6 cm³/mol. The number of hydrogen-bond donors (Lipinski definition) is 2. The van der Waals surface area contributed by atoms with Crippen LogP contribution in [-0.2, 0) is 12.6 Å². The Bertz CT molecular complexity index is 576. The van der Waals surface area contributed by atoms with Crippen molar-refractivity contribution >= 4 is 0 Å². The molecular weight excluding hydrogens is 284 g/mol. The summed E-state index contributed by atoms with van der Waals surface area (Å²) in [6.45, 7) is 0. The molecule has 2 nitrogen and oxygen atoms in total. The lowest BCUT2D eigenvalue weighted by atomic mass is 9.98. The molecule has 0 saturated carbocycles. The van der Waals surface area contributed by atoms with Gasteiger partial charge in [0.2, 0.25) is 0 Å². The molecule has 21 heavy (non-hydrogen) atoms.